The summed E-state index contributed by atoms with van der Waals surface area (Å²) in [4.78, 5) is 22.1. The standard InChI is InChI=1S/C12H12BrNO5/c1-18-10-5-7(13)3-4-8(10)14-9(6-11(15)16)12(17)19-2/h3-6,14H,1-2H3,(H,15,16). The zero-order chi connectivity index (χ0) is 14.4. The molecule has 0 heterocycles. The lowest BCUT2D eigenvalue weighted by Crippen LogP contribution is -2.15. The van der Waals surface area contributed by atoms with Gasteiger partial charge < -0.3 is 19.9 Å². The number of hydrogen-bond donors (Lipinski definition) is 2. The number of benzene rings is 1. The number of hydrogen-bond acceptors (Lipinski definition) is 5. The first-order valence-corrected chi connectivity index (χ1v) is 5.90. The number of rotatable bonds is 5. The number of carbonyl (C=O) groups excluding carboxylic acids is 1. The molecular weight excluding hydrogens is 318 g/mol. The van der Waals surface area contributed by atoms with Gasteiger partial charge in [0.1, 0.15) is 11.4 Å². The van der Waals surface area contributed by atoms with E-state index in [-0.39, 0.29) is 5.70 Å². The zero-order valence-corrected chi connectivity index (χ0v) is 11.9. The Morgan fingerprint density at radius 3 is 2.58 bits per heavy atom. The van der Waals surface area contributed by atoms with Crippen molar-refractivity contribution in [3.05, 3.63) is 34.4 Å². The van der Waals surface area contributed by atoms with Crippen molar-refractivity contribution in [2.24, 2.45) is 0 Å². The molecule has 0 amide bonds. The number of carboxylic acid groups (broad SMARTS) is 1. The van der Waals surface area contributed by atoms with Gasteiger partial charge in [0.2, 0.25) is 0 Å². The number of carbonyl (C=O) groups is 2. The number of esters is 1. The maximum absolute atomic E-state index is 11.5. The van der Waals surface area contributed by atoms with E-state index < -0.39 is 11.9 Å². The fourth-order valence-electron chi connectivity index (χ4n) is 1.29. The summed E-state index contributed by atoms with van der Waals surface area (Å²) in [5.41, 5.74) is 0.249. The molecule has 1 rings (SSSR count). The van der Waals surface area contributed by atoms with Crippen LogP contribution in [0.4, 0.5) is 5.69 Å². The molecule has 0 spiro atoms. The minimum Gasteiger partial charge on any atom is -0.495 e. The van der Waals surface area contributed by atoms with Crippen LogP contribution in [0, 0.1) is 0 Å². The number of aliphatic carboxylic acids is 1. The fourth-order valence-corrected chi connectivity index (χ4v) is 1.63. The molecule has 7 heteroatoms. The lowest BCUT2D eigenvalue weighted by atomic mass is 10.2. The molecule has 0 bridgehead atoms. The van der Waals surface area contributed by atoms with Gasteiger partial charge in [-0.2, -0.15) is 0 Å². The summed E-state index contributed by atoms with van der Waals surface area (Å²) in [7, 11) is 2.63. The predicted molar refractivity (Wildman–Crippen MR) is 72.1 cm³/mol. The lowest BCUT2D eigenvalue weighted by molar-refractivity contribution is -0.137. The van der Waals surface area contributed by atoms with Crippen LogP contribution in [-0.4, -0.2) is 31.3 Å². The largest absolute Gasteiger partial charge is 0.495 e. The molecule has 0 aliphatic carbocycles. The summed E-state index contributed by atoms with van der Waals surface area (Å²) in [6, 6.07) is 5.04. The molecule has 0 aliphatic heterocycles. The third kappa shape index (κ3) is 4.29. The third-order valence-electron chi connectivity index (χ3n) is 2.11. The first-order chi connectivity index (χ1) is 8.97. The molecule has 0 aliphatic rings. The first-order valence-electron chi connectivity index (χ1n) is 5.11. The fraction of sp³-hybridized carbons (Fsp3) is 0.167. The summed E-state index contributed by atoms with van der Waals surface area (Å²) in [6.45, 7) is 0. The maximum Gasteiger partial charge on any atom is 0.354 e. The smallest absolute Gasteiger partial charge is 0.354 e. The monoisotopic (exact) mass is 329 g/mol. The number of anilines is 1. The second kappa shape index (κ2) is 6.79. The number of ether oxygens (including phenoxy) is 2. The molecule has 0 radical (unpaired) electrons. The zero-order valence-electron chi connectivity index (χ0n) is 10.3. The van der Waals surface area contributed by atoms with Crippen LogP contribution in [-0.2, 0) is 14.3 Å². The van der Waals surface area contributed by atoms with Crippen LogP contribution in [0.5, 0.6) is 5.75 Å². The van der Waals surface area contributed by atoms with E-state index in [9.17, 15) is 9.59 Å². The summed E-state index contributed by atoms with van der Waals surface area (Å²) in [5.74, 6) is -1.59. The summed E-state index contributed by atoms with van der Waals surface area (Å²) in [6.07, 6.45) is 0.729. The lowest BCUT2D eigenvalue weighted by Gasteiger charge is -2.12. The molecule has 0 atom stereocenters. The molecule has 102 valence electrons. The Labute approximate surface area is 118 Å². The van der Waals surface area contributed by atoms with Crippen LogP contribution in [0.3, 0.4) is 0 Å². The van der Waals surface area contributed by atoms with Crippen LogP contribution in [0.15, 0.2) is 34.4 Å². The average molecular weight is 330 g/mol. The van der Waals surface area contributed by atoms with Gasteiger partial charge in [-0.3, -0.25) is 0 Å². The first kappa shape index (κ1) is 15.0. The van der Waals surface area contributed by atoms with E-state index in [1.165, 1.54) is 14.2 Å². The van der Waals surface area contributed by atoms with E-state index in [0.29, 0.717) is 11.4 Å². The van der Waals surface area contributed by atoms with Crippen molar-refractivity contribution in [1.82, 2.24) is 0 Å². The second-order valence-electron chi connectivity index (χ2n) is 3.36. The van der Waals surface area contributed by atoms with Gasteiger partial charge in [-0.05, 0) is 18.2 Å². The summed E-state index contributed by atoms with van der Waals surface area (Å²) in [5, 5.41) is 11.4. The third-order valence-corrected chi connectivity index (χ3v) is 2.60. The van der Waals surface area contributed by atoms with Gasteiger partial charge in [-0.25, -0.2) is 9.59 Å². The number of halogens is 1. The highest BCUT2D eigenvalue weighted by Crippen LogP contribution is 2.29. The highest BCUT2D eigenvalue weighted by atomic mass is 79.9. The summed E-state index contributed by atoms with van der Waals surface area (Å²) < 4.78 is 10.4. The van der Waals surface area contributed by atoms with Gasteiger partial charge in [0.05, 0.1) is 26.0 Å². The van der Waals surface area contributed by atoms with E-state index in [1.807, 2.05) is 0 Å². The molecule has 2 N–H and O–H groups in total. The van der Waals surface area contributed by atoms with Crippen LogP contribution < -0.4 is 10.1 Å². The highest BCUT2D eigenvalue weighted by Gasteiger charge is 2.14. The second-order valence-corrected chi connectivity index (χ2v) is 4.27. The Kier molecular flexibility index (Phi) is 5.37. The van der Waals surface area contributed by atoms with Gasteiger partial charge in [-0.1, -0.05) is 15.9 Å². The Morgan fingerprint density at radius 2 is 2.05 bits per heavy atom. The summed E-state index contributed by atoms with van der Waals surface area (Å²) >= 11 is 3.28. The van der Waals surface area contributed by atoms with Crippen molar-refractivity contribution in [1.29, 1.82) is 0 Å². The molecule has 0 aromatic heterocycles. The van der Waals surface area contributed by atoms with Crippen LogP contribution in [0.25, 0.3) is 0 Å². The van der Waals surface area contributed by atoms with Crippen molar-refractivity contribution in [2.75, 3.05) is 19.5 Å². The Balaban J connectivity index is 3.10. The van der Waals surface area contributed by atoms with E-state index in [2.05, 4.69) is 26.0 Å². The van der Waals surface area contributed by atoms with Crippen LogP contribution >= 0.6 is 15.9 Å². The van der Waals surface area contributed by atoms with Gasteiger partial charge in [-0.15, -0.1) is 0 Å². The SMILES string of the molecule is COC(=O)C(=CC(=O)O)Nc1ccc(Br)cc1OC. The van der Waals surface area contributed by atoms with Crippen molar-refractivity contribution in [3.8, 4) is 5.75 Å². The molecule has 6 nitrogen and oxygen atoms in total. The predicted octanol–water partition coefficient (Wildman–Crippen LogP) is 2.01. The van der Waals surface area contributed by atoms with Crippen molar-refractivity contribution < 1.29 is 24.2 Å². The molecule has 0 saturated heterocycles. The minimum atomic E-state index is -1.26. The van der Waals surface area contributed by atoms with E-state index in [4.69, 9.17) is 9.84 Å². The van der Waals surface area contributed by atoms with E-state index in [0.717, 1.165) is 10.5 Å². The Bertz CT molecular complexity index is 527. The van der Waals surface area contributed by atoms with Gasteiger partial charge in [0.15, 0.2) is 0 Å². The number of nitrogens with one attached hydrogen (secondary N) is 1. The molecule has 1 aromatic carbocycles. The molecule has 0 unspecified atom stereocenters. The number of carboxylic acids is 1. The normalized spacial score (nSPS) is 10.8. The molecule has 1 aromatic rings. The van der Waals surface area contributed by atoms with E-state index >= 15 is 0 Å². The topological polar surface area (TPSA) is 84.9 Å². The van der Waals surface area contributed by atoms with Crippen LogP contribution in [0.2, 0.25) is 0 Å². The van der Waals surface area contributed by atoms with Gasteiger partial charge in [0.25, 0.3) is 0 Å². The molecular formula is C12H12BrNO5. The molecule has 0 saturated carbocycles. The van der Waals surface area contributed by atoms with Crippen LogP contribution in [0.1, 0.15) is 0 Å². The van der Waals surface area contributed by atoms with Gasteiger partial charge >= 0.3 is 11.9 Å². The van der Waals surface area contributed by atoms with Crippen molar-refractivity contribution >= 4 is 33.6 Å². The van der Waals surface area contributed by atoms with Gasteiger partial charge in [0, 0.05) is 4.47 Å². The average Bonchev–Trinajstić information content (AvgIpc) is 2.38. The highest BCUT2D eigenvalue weighted by molar-refractivity contribution is 9.10. The maximum atomic E-state index is 11.5. The van der Waals surface area contributed by atoms with Crippen molar-refractivity contribution in [2.45, 2.75) is 0 Å². The molecule has 19 heavy (non-hydrogen) atoms. The Morgan fingerprint density at radius 1 is 1.37 bits per heavy atom. The quantitative estimate of drug-likeness (QED) is 0.635. The molecule has 0 fully saturated rings. The minimum absolute atomic E-state index is 0.198. The van der Waals surface area contributed by atoms with E-state index in [1.54, 1.807) is 18.2 Å². The Hall–Kier alpha value is -2.02. The number of methoxy groups -OCH3 is 2. The van der Waals surface area contributed by atoms with Crippen molar-refractivity contribution in [3.63, 3.8) is 0 Å².